The van der Waals surface area contributed by atoms with Crippen molar-refractivity contribution >= 4 is 11.6 Å². The predicted octanol–water partition coefficient (Wildman–Crippen LogP) is 3.28. The van der Waals surface area contributed by atoms with Crippen LogP contribution in [0, 0.1) is 36.5 Å². The molecule has 2 fully saturated rings. The van der Waals surface area contributed by atoms with Gasteiger partial charge in [0.05, 0.1) is 0 Å². The van der Waals surface area contributed by atoms with Gasteiger partial charge in [0.1, 0.15) is 0 Å². The van der Waals surface area contributed by atoms with Crippen molar-refractivity contribution in [1.82, 2.24) is 0 Å². The van der Waals surface area contributed by atoms with Gasteiger partial charge in [-0.3, -0.25) is 9.59 Å². The summed E-state index contributed by atoms with van der Waals surface area (Å²) in [6.07, 6.45) is 2.26. The largest absolute Gasteiger partial charge is 0.294 e. The first-order valence-corrected chi connectivity index (χ1v) is 7.28. The Bertz CT molecular complexity index is 601. The maximum absolute atomic E-state index is 12.8. The van der Waals surface area contributed by atoms with Crippen LogP contribution in [0.15, 0.2) is 18.2 Å². The van der Waals surface area contributed by atoms with Gasteiger partial charge in [0, 0.05) is 23.0 Å². The van der Waals surface area contributed by atoms with Gasteiger partial charge in [0.2, 0.25) is 0 Å². The normalized spacial score (nSPS) is 39.4. The quantitative estimate of drug-likeness (QED) is 0.712. The molecule has 4 rings (SSSR count). The van der Waals surface area contributed by atoms with Crippen molar-refractivity contribution < 1.29 is 9.59 Å². The highest BCUT2D eigenvalue weighted by Crippen LogP contribution is 2.59. The van der Waals surface area contributed by atoms with Crippen LogP contribution in [0.5, 0.6) is 0 Å². The van der Waals surface area contributed by atoms with Crippen molar-refractivity contribution in [3.8, 4) is 0 Å². The molecule has 2 heteroatoms. The first-order valence-electron chi connectivity index (χ1n) is 7.28. The number of ketones is 2. The van der Waals surface area contributed by atoms with Gasteiger partial charge in [-0.25, -0.2) is 0 Å². The first kappa shape index (κ1) is 11.4. The number of Topliss-reactive ketones (excluding diaryl/α,β-unsaturated/α-hetero) is 2. The minimum atomic E-state index is -0.0180. The van der Waals surface area contributed by atoms with Crippen LogP contribution in [0.25, 0.3) is 0 Å². The monoisotopic (exact) mass is 254 g/mol. The predicted molar refractivity (Wildman–Crippen MR) is 72.2 cm³/mol. The van der Waals surface area contributed by atoms with Crippen LogP contribution in [0.1, 0.15) is 46.0 Å². The molecule has 2 saturated carbocycles. The van der Waals surface area contributed by atoms with Gasteiger partial charge in [-0.2, -0.15) is 0 Å². The molecule has 5 unspecified atom stereocenters. The van der Waals surface area contributed by atoms with Crippen molar-refractivity contribution in [1.29, 1.82) is 0 Å². The molecular formula is C17H18O2. The van der Waals surface area contributed by atoms with Gasteiger partial charge < -0.3 is 0 Å². The molecule has 0 aliphatic heterocycles. The van der Waals surface area contributed by atoms with Crippen LogP contribution in [0.2, 0.25) is 0 Å². The summed E-state index contributed by atoms with van der Waals surface area (Å²) in [5, 5.41) is 0. The minimum absolute atomic E-state index is 0.0172. The standard InChI is InChI=1S/C17H18O2/c1-8-3-4-12-13(7-8)17(19)15-11-6-5-10(9(11)2)14(15)16(12)18/h3-4,7,9-11,14-15H,5-6H2,1-2H3. The van der Waals surface area contributed by atoms with Crippen LogP contribution in [0.3, 0.4) is 0 Å². The van der Waals surface area contributed by atoms with E-state index in [4.69, 9.17) is 0 Å². The fourth-order valence-electron chi connectivity index (χ4n) is 4.92. The van der Waals surface area contributed by atoms with Gasteiger partial charge >= 0.3 is 0 Å². The minimum Gasteiger partial charge on any atom is -0.294 e. The highest BCUT2D eigenvalue weighted by molar-refractivity contribution is 6.16. The summed E-state index contributed by atoms with van der Waals surface area (Å²) < 4.78 is 0. The van der Waals surface area contributed by atoms with Crippen molar-refractivity contribution in [2.45, 2.75) is 26.7 Å². The summed E-state index contributed by atoms with van der Waals surface area (Å²) in [5.74, 6) is 1.87. The smallest absolute Gasteiger partial charge is 0.167 e. The lowest BCUT2D eigenvalue weighted by Crippen LogP contribution is -2.40. The molecule has 0 radical (unpaired) electrons. The fraction of sp³-hybridized carbons (Fsp3) is 0.529. The van der Waals surface area contributed by atoms with Gasteiger partial charge in [-0.15, -0.1) is 0 Å². The van der Waals surface area contributed by atoms with Gasteiger partial charge in [0.15, 0.2) is 11.6 Å². The molecule has 0 aromatic heterocycles. The molecule has 0 heterocycles. The Morgan fingerprint density at radius 1 is 0.947 bits per heavy atom. The van der Waals surface area contributed by atoms with E-state index in [0.717, 1.165) is 18.4 Å². The number of benzene rings is 1. The summed E-state index contributed by atoms with van der Waals surface area (Å²) in [5.41, 5.74) is 2.43. The maximum atomic E-state index is 12.8. The highest BCUT2D eigenvalue weighted by atomic mass is 16.1. The van der Waals surface area contributed by atoms with E-state index >= 15 is 0 Å². The Kier molecular flexibility index (Phi) is 2.13. The van der Waals surface area contributed by atoms with E-state index in [-0.39, 0.29) is 23.4 Å². The second-order valence-corrected chi connectivity index (χ2v) is 6.59. The van der Waals surface area contributed by atoms with E-state index in [2.05, 4.69) is 6.92 Å². The van der Waals surface area contributed by atoms with Gasteiger partial charge in [-0.1, -0.05) is 24.6 Å². The van der Waals surface area contributed by atoms with Crippen molar-refractivity contribution in [3.63, 3.8) is 0 Å². The van der Waals surface area contributed by atoms with E-state index in [1.54, 1.807) is 0 Å². The van der Waals surface area contributed by atoms with Gasteiger partial charge in [0.25, 0.3) is 0 Å². The molecule has 0 spiro atoms. The lowest BCUT2D eigenvalue weighted by Gasteiger charge is -2.33. The highest BCUT2D eigenvalue weighted by Gasteiger charge is 2.59. The molecule has 0 amide bonds. The summed E-state index contributed by atoms with van der Waals surface area (Å²) in [4.78, 5) is 25.5. The third kappa shape index (κ3) is 1.27. The topological polar surface area (TPSA) is 34.1 Å². The van der Waals surface area contributed by atoms with Crippen LogP contribution in [0.4, 0.5) is 0 Å². The molecule has 19 heavy (non-hydrogen) atoms. The number of hydrogen-bond donors (Lipinski definition) is 0. The molecule has 1 aromatic carbocycles. The maximum Gasteiger partial charge on any atom is 0.167 e. The molecule has 3 aliphatic rings. The number of hydrogen-bond acceptors (Lipinski definition) is 2. The number of carbonyl (C=O) groups is 2. The first-order chi connectivity index (χ1) is 9.09. The number of carbonyl (C=O) groups excluding carboxylic acids is 2. The number of fused-ring (bicyclic) bond motifs is 6. The van der Waals surface area contributed by atoms with Crippen molar-refractivity contribution in [3.05, 3.63) is 34.9 Å². The molecule has 1 aromatic rings. The number of aryl methyl sites for hydroxylation is 1. The molecule has 3 aliphatic carbocycles. The molecular weight excluding hydrogens is 236 g/mol. The Labute approximate surface area is 113 Å². The van der Waals surface area contributed by atoms with Crippen LogP contribution in [-0.2, 0) is 0 Å². The summed E-state index contributed by atoms with van der Waals surface area (Å²) >= 11 is 0. The Hall–Kier alpha value is -1.44. The van der Waals surface area contributed by atoms with E-state index in [1.807, 2.05) is 25.1 Å². The molecule has 0 N–H and O–H groups in total. The zero-order valence-corrected chi connectivity index (χ0v) is 11.3. The van der Waals surface area contributed by atoms with E-state index in [9.17, 15) is 9.59 Å². The zero-order chi connectivity index (χ0) is 13.3. The third-order valence-corrected chi connectivity index (χ3v) is 5.80. The fourth-order valence-corrected chi connectivity index (χ4v) is 4.92. The average molecular weight is 254 g/mol. The van der Waals surface area contributed by atoms with Crippen LogP contribution in [-0.4, -0.2) is 11.6 Å². The van der Waals surface area contributed by atoms with E-state index in [0.29, 0.717) is 28.9 Å². The van der Waals surface area contributed by atoms with Crippen molar-refractivity contribution in [2.75, 3.05) is 0 Å². The SMILES string of the molecule is Cc1ccc2c(c1)C(=O)C1C3CCC(C3C)C1C2=O. The Morgan fingerprint density at radius 3 is 2.16 bits per heavy atom. The van der Waals surface area contributed by atoms with Crippen LogP contribution >= 0.6 is 0 Å². The molecule has 0 saturated heterocycles. The molecule has 5 atom stereocenters. The second-order valence-electron chi connectivity index (χ2n) is 6.59. The lowest BCUT2D eigenvalue weighted by molar-refractivity contribution is 0.0661. The third-order valence-electron chi connectivity index (χ3n) is 5.80. The summed E-state index contributed by atoms with van der Waals surface area (Å²) in [6, 6.07) is 5.71. The molecule has 2 nitrogen and oxygen atoms in total. The van der Waals surface area contributed by atoms with E-state index in [1.165, 1.54) is 0 Å². The molecule has 2 bridgehead atoms. The zero-order valence-electron chi connectivity index (χ0n) is 11.3. The van der Waals surface area contributed by atoms with Crippen molar-refractivity contribution in [2.24, 2.45) is 29.6 Å². The molecule has 98 valence electrons. The summed E-state index contributed by atoms with van der Waals surface area (Å²) in [7, 11) is 0. The Morgan fingerprint density at radius 2 is 1.53 bits per heavy atom. The Balaban J connectivity index is 1.90. The van der Waals surface area contributed by atoms with Crippen LogP contribution < -0.4 is 0 Å². The average Bonchev–Trinajstić information content (AvgIpc) is 2.89. The summed E-state index contributed by atoms with van der Waals surface area (Å²) in [6.45, 7) is 4.21. The lowest BCUT2D eigenvalue weighted by atomic mass is 9.67. The van der Waals surface area contributed by atoms with E-state index < -0.39 is 0 Å². The van der Waals surface area contributed by atoms with Gasteiger partial charge in [-0.05, 0) is 43.6 Å². The second kappa shape index (κ2) is 3.56. The number of rotatable bonds is 0.